The van der Waals surface area contributed by atoms with Crippen molar-refractivity contribution in [3.05, 3.63) is 66.4 Å². The highest BCUT2D eigenvalue weighted by Crippen LogP contribution is 2.25. The molecular formula is C26H31N3O3. The molecule has 4 rings (SSSR count). The van der Waals surface area contributed by atoms with Crippen molar-refractivity contribution in [3.8, 4) is 5.75 Å². The number of pyridine rings is 1. The first-order valence-electron chi connectivity index (χ1n) is 11.2. The monoisotopic (exact) mass is 433 g/mol. The number of hydrogen-bond donors (Lipinski definition) is 0. The third-order valence-electron chi connectivity index (χ3n) is 5.40. The van der Waals surface area contributed by atoms with Gasteiger partial charge in [0.25, 0.3) is 0 Å². The second-order valence-electron chi connectivity index (χ2n) is 9.13. The largest absolute Gasteiger partial charge is 0.489 e. The molecule has 1 aromatic heterocycles. The summed E-state index contributed by atoms with van der Waals surface area (Å²) in [6.07, 6.45) is 2.56. The summed E-state index contributed by atoms with van der Waals surface area (Å²) in [6.45, 7) is 9.17. The zero-order valence-corrected chi connectivity index (χ0v) is 19.1. The maximum atomic E-state index is 12.4. The maximum Gasteiger partial charge on any atom is 0.410 e. The van der Waals surface area contributed by atoms with E-state index in [1.807, 2.05) is 63.4 Å². The summed E-state index contributed by atoms with van der Waals surface area (Å²) in [5, 5.41) is 1.04. The number of aromatic nitrogens is 1. The van der Waals surface area contributed by atoms with Crippen LogP contribution in [0.2, 0.25) is 0 Å². The summed E-state index contributed by atoms with van der Waals surface area (Å²) in [7, 11) is 0. The fraction of sp³-hybridized carbons (Fsp3) is 0.385. The predicted octanol–water partition coefficient (Wildman–Crippen LogP) is 5.26. The van der Waals surface area contributed by atoms with Gasteiger partial charge >= 0.3 is 6.09 Å². The lowest BCUT2D eigenvalue weighted by Crippen LogP contribution is -2.39. The van der Waals surface area contributed by atoms with Crippen LogP contribution >= 0.6 is 0 Å². The minimum absolute atomic E-state index is 0.240. The zero-order valence-electron chi connectivity index (χ0n) is 19.1. The van der Waals surface area contributed by atoms with Crippen LogP contribution in [-0.4, -0.2) is 47.8 Å². The molecule has 0 aliphatic carbocycles. The number of amides is 1. The van der Waals surface area contributed by atoms with Gasteiger partial charge in [0.05, 0.1) is 17.4 Å². The van der Waals surface area contributed by atoms with Crippen molar-refractivity contribution >= 4 is 22.7 Å². The van der Waals surface area contributed by atoms with Gasteiger partial charge in [-0.1, -0.05) is 30.3 Å². The van der Waals surface area contributed by atoms with Crippen LogP contribution in [0.15, 0.2) is 60.8 Å². The molecular weight excluding hydrogens is 402 g/mol. The third kappa shape index (κ3) is 5.69. The summed E-state index contributed by atoms with van der Waals surface area (Å²) >= 11 is 0. The van der Waals surface area contributed by atoms with Gasteiger partial charge in [-0.3, -0.25) is 4.98 Å². The minimum atomic E-state index is -0.481. The number of ether oxygens (including phenoxy) is 2. The Kier molecular flexibility index (Phi) is 6.49. The van der Waals surface area contributed by atoms with Gasteiger partial charge in [0, 0.05) is 31.6 Å². The highest BCUT2D eigenvalue weighted by atomic mass is 16.6. The average molecular weight is 434 g/mol. The van der Waals surface area contributed by atoms with Crippen LogP contribution in [0, 0.1) is 0 Å². The van der Waals surface area contributed by atoms with Gasteiger partial charge < -0.3 is 19.3 Å². The molecule has 3 aromatic rings. The molecule has 0 saturated carbocycles. The molecule has 1 saturated heterocycles. The zero-order chi connectivity index (χ0) is 22.6. The summed E-state index contributed by atoms with van der Waals surface area (Å²) in [4.78, 5) is 21.2. The summed E-state index contributed by atoms with van der Waals surface area (Å²) in [6, 6.07) is 18.3. The van der Waals surface area contributed by atoms with E-state index in [4.69, 9.17) is 9.47 Å². The van der Waals surface area contributed by atoms with Crippen molar-refractivity contribution in [2.45, 2.75) is 39.4 Å². The van der Waals surface area contributed by atoms with E-state index in [1.165, 1.54) is 0 Å². The molecule has 6 nitrogen and oxygen atoms in total. The van der Waals surface area contributed by atoms with Gasteiger partial charge in [0.2, 0.25) is 0 Å². The number of fused-ring (bicyclic) bond motifs is 1. The molecule has 168 valence electrons. The SMILES string of the molecule is CC(C)(C)OC(=O)N1CCCN(c2cnc3ccc(OCc4ccccc4)cc3c2)CC1. The molecule has 1 amide bonds. The number of carbonyl (C=O) groups excluding carboxylic acids is 1. The second kappa shape index (κ2) is 9.47. The average Bonchev–Trinajstić information content (AvgIpc) is 3.03. The van der Waals surface area contributed by atoms with E-state index in [9.17, 15) is 4.79 Å². The molecule has 32 heavy (non-hydrogen) atoms. The Morgan fingerprint density at radius 1 is 1.00 bits per heavy atom. The number of anilines is 1. The fourth-order valence-corrected chi connectivity index (χ4v) is 3.79. The Balaban J connectivity index is 1.44. The molecule has 0 atom stereocenters. The number of benzene rings is 2. The van der Waals surface area contributed by atoms with Crippen molar-refractivity contribution in [1.29, 1.82) is 0 Å². The van der Waals surface area contributed by atoms with E-state index in [1.54, 1.807) is 4.90 Å². The quantitative estimate of drug-likeness (QED) is 0.562. The van der Waals surface area contributed by atoms with Crippen molar-refractivity contribution in [1.82, 2.24) is 9.88 Å². The smallest absolute Gasteiger partial charge is 0.410 e. The molecule has 1 aliphatic rings. The van der Waals surface area contributed by atoms with Gasteiger partial charge in [-0.05, 0) is 57.0 Å². The van der Waals surface area contributed by atoms with Crippen molar-refractivity contribution < 1.29 is 14.3 Å². The minimum Gasteiger partial charge on any atom is -0.489 e. The molecule has 0 N–H and O–H groups in total. The van der Waals surface area contributed by atoms with Crippen molar-refractivity contribution in [2.75, 3.05) is 31.1 Å². The lowest BCUT2D eigenvalue weighted by atomic mass is 10.2. The molecule has 2 aromatic carbocycles. The number of rotatable bonds is 4. The van der Waals surface area contributed by atoms with Gasteiger partial charge in [0.1, 0.15) is 18.0 Å². The van der Waals surface area contributed by atoms with E-state index in [2.05, 4.69) is 28.1 Å². The standard InChI is InChI=1S/C26H31N3O3/c1-26(2,3)32-25(30)29-13-7-12-28(14-15-29)22-16-21-17-23(10-11-24(21)27-18-22)31-19-20-8-5-4-6-9-20/h4-6,8-11,16-18H,7,12-15,19H2,1-3H3. The predicted molar refractivity (Wildman–Crippen MR) is 127 cm³/mol. The van der Waals surface area contributed by atoms with Crippen molar-refractivity contribution in [2.24, 2.45) is 0 Å². The maximum absolute atomic E-state index is 12.4. The molecule has 1 fully saturated rings. The van der Waals surface area contributed by atoms with E-state index >= 15 is 0 Å². The van der Waals surface area contributed by atoms with Crippen LogP contribution in [0.25, 0.3) is 10.9 Å². The molecule has 0 spiro atoms. The van der Waals surface area contributed by atoms with Crippen molar-refractivity contribution in [3.63, 3.8) is 0 Å². The lowest BCUT2D eigenvalue weighted by molar-refractivity contribution is 0.0263. The summed E-state index contributed by atoms with van der Waals surface area (Å²) in [5.74, 6) is 0.826. The normalized spacial score (nSPS) is 14.8. The van der Waals surface area contributed by atoms with Crippen LogP contribution in [0.1, 0.15) is 32.8 Å². The Labute approximate surface area is 189 Å². The van der Waals surface area contributed by atoms with E-state index in [-0.39, 0.29) is 6.09 Å². The molecule has 0 unspecified atom stereocenters. The first kappa shape index (κ1) is 21.9. The van der Waals surface area contributed by atoms with E-state index in [0.717, 1.165) is 47.4 Å². The Morgan fingerprint density at radius 2 is 1.81 bits per heavy atom. The first-order chi connectivity index (χ1) is 15.4. The van der Waals surface area contributed by atoms with E-state index in [0.29, 0.717) is 19.7 Å². The van der Waals surface area contributed by atoms with Crippen LogP contribution in [0.3, 0.4) is 0 Å². The third-order valence-corrected chi connectivity index (χ3v) is 5.40. The molecule has 0 bridgehead atoms. The van der Waals surface area contributed by atoms with Crippen LogP contribution in [0.4, 0.5) is 10.5 Å². The molecule has 1 aliphatic heterocycles. The Bertz CT molecular complexity index is 1060. The first-order valence-corrected chi connectivity index (χ1v) is 11.2. The van der Waals surface area contributed by atoms with Gasteiger partial charge in [-0.15, -0.1) is 0 Å². The van der Waals surface area contributed by atoms with Crippen LogP contribution in [0.5, 0.6) is 5.75 Å². The number of nitrogens with zero attached hydrogens (tertiary/aromatic N) is 3. The highest BCUT2D eigenvalue weighted by molar-refractivity contribution is 5.83. The Hall–Kier alpha value is -3.28. The van der Waals surface area contributed by atoms with Crippen LogP contribution in [-0.2, 0) is 11.3 Å². The van der Waals surface area contributed by atoms with Gasteiger partial charge in [0.15, 0.2) is 0 Å². The number of carbonyl (C=O) groups is 1. The Morgan fingerprint density at radius 3 is 2.59 bits per heavy atom. The summed E-state index contributed by atoms with van der Waals surface area (Å²) in [5.41, 5.74) is 2.65. The van der Waals surface area contributed by atoms with Gasteiger partial charge in [-0.2, -0.15) is 0 Å². The van der Waals surface area contributed by atoms with E-state index < -0.39 is 5.60 Å². The van der Waals surface area contributed by atoms with Crippen LogP contribution < -0.4 is 9.64 Å². The lowest BCUT2D eigenvalue weighted by Gasteiger charge is -2.27. The number of hydrogen-bond acceptors (Lipinski definition) is 5. The molecule has 0 radical (unpaired) electrons. The second-order valence-corrected chi connectivity index (χ2v) is 9.13. The highest BCUT2D eigenvalue weighted by Gasteiger charge is 2.24. The molecule has 2 heterocycles. The molecule has 6 heteroatoms. The summed E-state index contributed by atoms with van der Waals surface area (Å²) < 4.78 is 11.5. The van der Waals surface area contributed by atoms with Gasteiger partial charge in [-0.25, -0.2) is 4.79 Å². The fourth-order valence-electron chi connectivity index (χ4n) is 3.79. The topological polar surface area (TPSA) is 54.9 Å².